The molecule has 1 N–H and O–H groups in total. The number of aliphatic hydroxyl groups excluding tert-OH is 1. The number of piperidine rings is 1. The Morgan fingerprint density at radius 3 is 2.76 bits per heavy atom. The lowest BCUT2D eigenvalue weighted by molar-refractivity contribution is -0.139. The fourth-order valence-electron chi connectivity index (χ4n) is 4.41. The Labute approximate surface area is 150 Å². The number of nitrogens with zero attached hydrogens (tertiary/aromatic N) is 4. The molecular weight excluding hydrogens is 316 g/mol. The molecule has 1 aromatic rings. The first-order valence-electron chi connectivity index (χ1n) is 9.78. The molecular formula is C19H32N4O2. The van der Waals surface area contributed by atoms with Crippen LogP contribution in [0.3, 0.4) is 0 Å². The maximum absolute atomic E-state index is 13.1. The molecule has 2 heterocycles. The van der Waals surface area contributed by atoms with Crippen molar-refractivity contribution in [1.82, 2.24) is 19.6 Å². The monoisotopic (exact) mass is 348 g/mol. The second-order valence-electron chi connectivity index (χ2n) is 7.63. The standard InChI is InChI=1S/C19H32N4O2/c1-21-13-16(12-20-21)14-23(10-11-24)19(25)17-6-5-9-22(15-17)18-7-3-2-4-8-18/h12-13,17-18,24H,2-11,14-15H2,1H3/t17-/m1/s1. The van der Waals surface area contributed by atoms with Crippen LogP contribution in [0.25, 0.3) is 0 Å². The van der Waals surface area contributed by atoms with Gasteiger partial charge in [-0.1, -0.05) is 19.3 Å². The topological polar surface area (TPSA) is 61.6 Å². The van der Waals surface area contributed by atoms with Crippen molar-refractivity contribution in [2.24, 2.45) is 13.0 Å². The molecule has 1 saturated carbocycles. The summed E-state index contributed by atoms with van der Waals surface area (Å²) in [5, 5.41) is 13.6. The van der Waals surface area contributed by atoms with E-state index in [0.29, 0.717) is 19.1 Å². The van der Waals surface area contributed by atoms with Crippen LogP contribution >= 0.6 is 0 Å². The van der Waals surface area contributed by atoms with Gasteiger partial charge in [0.15, 0.2) is 0 Å². The van der Waals surface area contributed by atoms with Gasteiger partial charge in [0.05, 0.1) is 18.7 Å². The van der Waals surface area contributed by atoms with Gasteiger partial charge in [-0.25, -0.2) is 0 Å². The van der Waals surface area contributed by atoms with Crippen LogP contribution in [0.5, 0.6) is 0 Å². The lowest BCUT2D eigenvalue weighted by Crippen LogP contribution is -2.48. The third-order valence-electron chi connectivity index (χ3n) is 5.71. The number of carbonyl (C=O) groups is 1. The predicted octanol–water partition coefficient (Wildman–Crippen LogP) is 1.79. The Kier molecular flexibility index (Phi) is 6.48. The Morgan fingerprint density at radius 2 is 2.08 bits per heavy atom. The number of hydrogen-bond donors (Lipinski definition) is 1. The molecule has 1 saturated heterocycles. The number of carbonyl (C=O) groups excluding carboxylic acids is 1. The number of amides is 1. The Balaban J connectivity index is 1.61. The molecule has 1 amide bonds. The highest BCUT2D eigenvalue weighted by Gasteiger charge is 2.32. The van der Waals surface area contributed by atoms with Crippen LogP contribution in [-0.2, 0) is 18.4 Å². The first-order chi connectivity index (χ1) is 12.2. The minimum Gasteiger partial charge on any atom is -0.395 e. The molecule has 0 unspecified atom stereocenters. The first-order valence-corrected chi connectivity index (χ1v) is 9.78. The molecule has 3 rings (SSSR count). The summed E-state index contributed by atoms with van der Waals surface area (Å²) in [6.07, 6.45) is 12.4. The van der Waals surface area contributed by atoms with E-state index in [4.69, 9.17) is 0 Å². The van der Waals surface area contributed by atoms with E-state index in [2.05, 4.69) is 10.00 Å². The van der Waals surface area contributed by atoms with Crippen LogP contribution in [-0.4, -0.2) is 62.9 Å². The van der Waals surface area contributed by atoms with E-state index in [9.17, 15) is 9.90 Å². The third-order valence-corrected chi connectivity index (χ3v) is 5.71. The highest BCUT2D eigenvalue weighted by molar-refractivity contribution is 5.79. The summed E-state index contributed by atoms with van der Waals surface area (Å²) in [4.78, 5) is 17.5. The molecule has 1 aliphatic heterocycles. The molecule has 2 fully saturated rings. The normalized spacial score (nSPS) is 22.9. The molecule has 0 aromatic carbocycles. The molecule has 140 valence electrons. The molecule has 0 spiro atoms. The van der Waals surface area contributed by atoms with Gasteiger partial charge in [-0.3, -0.25) is 14.4 Å². The highest BCUT2D eigenvalue weighted by Crippen LogP contribution is 2.28. The Morgan fingerprint density at radius 1 is 1.28 bits per heavy atom. The zero-order valence-corrected chi connectivity index (χ0v) is 15.4. The van der Waals surface area contributed by atoms with Gasteiger partial charge in [0.25, 0.3) is 0 Å². The van der Waals surface area contributed by atoms with Crippen LogP contribution < -0.4 is 0 Å². The highest BCUT2D eigenvalue weighted by atomic mass is 16.3. The van der Waals surface area contributed by atoms with Crippen molar-refractivity contribution in [3.05, 3.63) is 18.0 Å². The van der Waals surface area contributed by atoms with E-state index in [1.165, 1.54) is 32.1 Å². The fourth-order valence-corrected chi connectivity index (χ4v) is 4.41. The van der Waals surface area contributed by atoms with Gasteiger partial charge in [0.2, 0.25) is 5.91 Å². The van der Waals surface area contributed by atoms with Crippen LogP contribution in [0.2, 0.25) is 0 Å². The average molecular weight is 348 g/mol. The second kappa shape index (κ2) is 8.81. The zero-order valence-electron chi connectivity index (χ0n) is 15.4. The number of aliphatic hydroxyl groups is 1. The van der Waals surface area contributed by atoms with E-state index in [0.717, 1.165) is 31.5 Å². The summed E-state index contributed by atoms with van der Waals surface area (Å²) < 4.78 is 1.75. The van der Waals surface area contributed by atoms with Gasteiger partial charge in [0, 0.05) is 44.5 Å². The van der Waals surface area contributed by atoms with Crippen molar-refractivity contribution in [3.8, 4) is 0 Å². The maximum Gasteiger partial charge on any atom is 0.227 e. The van der Waals surface area contributed by atoms with Crippen molar-refractivity contribution in [3.63, 3.8) is 0 Å². The number of aryl methyl sites for hydroxylation is 1. The van der Waals surface area contributed by atoms with E-state index in [1.807, 2.05) is 18.1 Å². The minimum atomic E-state index is 0.00502. The fraction of sp³-hybridized carbons (Fsp3) is 0.789. The lowest BCUT2D eigenvalue weighted by Gasteiger charge is -2.40. The maximum atomic E-state index is 13.1. The molecule has 25 heavy (non-hydrogen) atoms. The summed E-state index contributed by atoms with van der Waals surface area (Å²) in [6.45, 7) is 2.96. The summed E-state index contributed by atoms with van der Waals surface area (Å²) in [7, 11) is 1.88. The lowest BCUT2D eigenvalue weighted by atomic mass is 9.89. The molecule has 2 aliphatic rings. The molecule has 0 radical (unpaired) electrons. The molecule has 1 aliphatic carbocycles. The summed E-state index contributed by atoms with van der Waals surface area (Å²) in [5.74, 6) is 0.261. The molecule has 6 nitrogen and oxygen atoms in total. The summed E-state index contributed by atoms with van der Waals surface area (Å²) in [5.41, 5.74) is 1.02. The van der Waals surface area contributed by atoms with Gasteiger partial charge in [-0.15, -0.1) is 0 Å². The number of likely N-dealkylation sites (tertiary alicyclic amines) is 1. The second-order valence-corrected chi connectivity index (χ2v) is 7.63. The van der Waals surface area contributed by atoms with Gasteiger partial charge in [-0.05, 0) is 32.2 Å². The van der Waals surface area contributed by atoms with Gasteiger partial charge in [-0.2, -0.15) is 5.10 Å². The molecule has 0 bridgehead atoms. The van der Waals surface area contributed by atoms with E-state index < -0.39 is 0 Å². The van der Waals surface area contributed by atoms with Crippen LogP contribution in [0.1, 0.15) is 50.5 Å². The van der Waals surface area contributed by atoms with Crippen molar-refractivity contribution in [1.29, 1.82) is 0 Å². The average Bonchev–Trinajstić information content (AvgIpc) is 3.06. The van der Waals surface area contributed by atoms with Crippen molar-refractivity contribution < 1.29 is 9.90 Å². The quantitative estimate of drug-likeness (QED) is 0.851. The minimum absolute atomic E-state index is 0.00502. The third kappa shape index (κ3) is 4.82. The van der Waals surface area contributed by atoms with Crippen molar-refractivity contribution in [2.75, 3.05) is 26.2 Å². The summed E-state index contributed by atoms with van der Waals surface area (Å²) in [6, 6.07) is 0.675. The van der Waals surface area contributed by atoms with Crippen LogP contribution in [0, 0.1) is 5.92 Å². The molecule has 1 atom stereocenters. The number of rotatable bonds is 6. The van der Waals surface area contributed by atoms with Gasteiger partial charge in [0.1, 0.15) is 0 Å². The smallest absolute Gasteiger partial charge is 0.227 e. The SMILES string of the molecule is Cn1cc(CN(CCO)C(=O)[C@@H]2CCCN(C3CCCCC3)C2)cn1. The Hall–Kier alpha value is -1.40. The van der Waals surface area contributed by atoms with Gasteiger partial charge < -0.3 is 10.0 Å². The number of hydrogen-bond acceptors (Lipinski definition) is 4. The van der Waals surface area contributed by atoms with E-state index in [-0.39, 0.29) is 18.4 Å². The van der Waals surface area contributed by atoms with Crippen molar-refractivity contribution >= 4 is 5.91 Å². The zero-order chi connectivity index (χ0) is 17.6. The largest absolute Gasteiger partial charge is 0.395 e. The van der Waals surface area contributed by atoms with Gasteiger partial charge >= 0.3 is 0 Å². The molecule has 6 heteroatoms. The summed E-state index contributed by atoms with van der Waals surface area (Å²) >= 11 is 0. The number of aromatic nitrogens is 2. The van der Waals surface area contributed by atoms with Crippen LogP contribution in [0.15, 0.2) is 12.4 Å². The van der Waals surface area contributed by atoms with E-state index >= 15 is 0 Å². The Bertz CT molecular complexity index is 553. The molecule has 1 aromatic heterocycles. The van der Waals surface area contributed by atoms with E-state index in [1.54, 1.807) is 10.9 Å². The van der Waals surface area contributed by atoms with Crippen molar-refractivity contribution in [2.45, 2.75) is 57.5 Å². The van der Waals surface area contributed by atoms with Crippen LogP contribution in [0.4, 0.5) is 0 Å². The first kappa shape index (κ1) is 18.4. The predicted molar refractivity (Wildman–Crippen MR) is 96.9 cm³/mol.